The lowest BCUT2D eigenvalue weighted by Crippen LogP contribution is -2.43. The molecule has 1 aromatic heterocycles. The Kier molecular flexibility index (Phi) is 4.75. The van der Waals surface area contributed by atoms with E-state index in [2.05, 4.69) is 4.98 Å². The van der Waals surface area contributed by atoms with E-state index < -0.39 is 11.8 Å². The minimum atomic E-state index is -0.945. The molecule has 2 aliphatic rings. The molecule has 1 atom stereocenters. The van der Waals surface area contributed by atoms with Crippen LogP contribution in [0.4, 0.5) is 0 Å². The minimum Gasteiger partial charge on any atom is -0.512 e. The van der Waals surface area contributed by atoms with Crippen molar-refractivity contribution in [2.75, 3.05) is 0 Å². The fraction of sp³-hybridized carbons (Fsp3) is 0.480. The normalized spacial score (nSPS) is 23.3. The molecule has 30 heavy (non-hydrogen) atoms. The Balaban J connectivity index is 1.92. The Morgan fingerprint density at radius 3 is 2.17 bits per heavy atom. The molecule has 0 amide bonds. The topological polar surface area (TPSA) is 87.2 Å². The van der Waals surface area contributed by atoms with Gasteiger partial charge >= 0.3 is 0 Å². The smallest absolute Gasteiger partial charge is 0.163 e. The number of nitrogens with one attached hydrogen (secondary N) is 1. The van der Waals surface area contributed by atoms with Gasteiger partial charge in [-0.3, -0.25) is 14.4 Å². The Hall–Kier alpha value is -2.69. The summed E-state index contributed by atoms with van der Waals surface area (Å²) in [6, 6.07) is 7.64. The van der Waals surface area contributed by atoms with Crippen molar-refractivity contribution in [2.24, 2.45) is 16.7 Å². The van der Waals surface area contributed by atoms with Crippen LogP contribution in [0.25, 0.3) is 10.9 Å². The summed E-state index contributed by atoms with van der Waals surface area (Å²) >= 11 is 0. The fourth-order valence-electron chi connectivity index (χ4n) is 5.28. The molecule has 0 radical (unpaired) electrons. The molecule has 0 spiro atoms. The Morgan fingerprint density at radius 1 is 0.933 bits per heavy atom. The van der Waals surface area contributed by atoms with Crippen molar-refractivity contribution in [1.82, 2.24) is 4.98 Å². The lowest BCUT2D eigenvalue weighted by Gasteiger charge is -2.38. The van der Waals surface area contributed by atoms with E-state index in [-0.39, 0.29) is 58.8 Å². The van der Waals surface area contributed by atoms with Gasteiger partial charge in [0.15, 0.2) is 5.78 Å². The standard InChI is InChI=1S/C25H29NO4/c1-24(2)9-17(27)22(18(28)10-24)21(15-13-26-16-8-6-5-7-14(15)16)23-19(29)11-25(3,4)12-20(23)30/h5-8,13,21-22,26,29H,9-12H2,1-4H3/t21-/m1/s1. The number of aliphatic hydroxyl groups excluding tert-OH is 1. The first kappa shape index (κ1) is 20.6. The molecule has 0 aliphatic heterocycles. The number of fused-ring (bicyclic) bond motifs is 1. The van der Waals surface area contributed by atoms with Gasteiger partial charge in [-0.05, 0) is 22.5 Å². The maximum absolute atomic E-state index is 13.2. The quantitative estimate of drug-likeness (QED) is 0.699. The summed E-state index contributed by atoms with van der Waals surface area (Å²) in [5.41, 5.74) is 1.11. The number of aromatic amines is 1. The first-order chi connectivity index (χ1) is 14.0. The number of allylic oxidation sites excluding steroid dienone is 2. The number of rotatable bonds is 3. The van der Waals surface area contributed by atoms with Gasteiger partial charge in [0, 0.05) is 54.3 Å². The number of Topliss-reactive ketones (excluding diaryl/α,β-unsaturated/α-hetero) is 3. The highest BCUT2D eigenvalue weighted by atomic mass is 16.3. The van der Waals surface area contributed by atoms with Crippen LogP contribution in [0.5, 0.6) is 0 Å². The zero-order valence-corrected chi connectivity index (χ0v) is 18.0. The van der Waals surface area contributed by atoms with E-state index in [1.54, 1.807) is 6.20 Å². The predicted molar refractivity (Wildman–Crippen MR) is 115 cm³/mol. The van der Waals surface area contributed by atoms with Crippen LogP contribution in [-0.2, 0) is 14.4 Å². The van der Waals surface area contributed by atoms with Gasteiger partial charge in [0.25, 0.3) is 0 Å². The van der Waals surface area contributed by atoms with Gasteiger partial charge in [-0.2, -0.15) is 0 Å². The summed E-state index contributed by atoms with van der Waals surface area (Å²) in [6.07, 6.45) is 2.99. The van der Waals surface area contributed by atoms with Crippen molar-refractivity contribution in [3.63, 3.8) is 0 Å². The number of aromatic nitrogens is 1. The third-order valence-electron chi connectivity index (χ3n) is 6.50. The molecule has 2 N–H and O–H groups in total. The maximum atomic E-state index is 13.2. The average molecular weight is 408 g/mol. The molecule has 4 rings (SSSR count). The zero-order valence-electron chi connectivity index (χ0n) is 18.0. The van der Waals surface area contributed by atoms with E-state index in [9.17, 15) is 19.5 Å². The van der Waals surface area contributed by atoms with Crippen LogP contribution >= 0.6 is 0 Å². The van der Waals surface area contributed by atoms with Gasteiger partial charge in [0.1, 0.15) is 17.3 Å². The third kappa shape index (κ3) is 3.51. The predicted octanol–water partition coefficient (Wildman–Crippen LogP) is 5.03. The SMILES string of the molecule is CC1(C)CC(=O)C([C@H](C2=C(O)CC(C)(C)CC2=O)c2c[nH]c3ccccc23)C(=O)C1. The molecule has 0 bridgehead atoms. The molecule has 0 saturated heterocycles. The minimum absolute atomic E-state index is 0.0111. The van der Waals surface area contributed by atoms with E-state index in [0.29, 0.717) is 6.42 Å². The third-order valence-corrected chi connectivity index (χ3v) is 6.50. The molecule has 2 aromatic rings. The number of carbonyl (C=O) groups excluding carboxylic acids is 3. The summed E-state index contributed by atoms with van der Waals surface area (Å²) in [7, 11) is 0. The molecule has 1 aromatic carbocycles. The summed E-state index contributed by atoms with van der Waals surface area (Å²) in [5.74, 6) is -2.17. The Bertz CT molecular complexity index is 1070. The number of benzene rings is 1. The summed E-state index contributed by atoms with van der Waals surface area (Å²) in [5, 5.41) is 11.8. The molecule has 1 heterocycles. The highest BCUT2D eigenvalue weighted by Crippen LogP contribution is 2.48. The lowest BCUT2D eigenvalue weighted by molar-refractivity contribution is -0.140. The van der Waals surface area contributed by atoms with Gasteiger partial charge < -0.3 is 10.1 Å². The number of hydrogen-bond donors (Lipinski definition) is 2. The monoisotopic (exact) mass is 407 g/mol. The number of para-hydroxylation sites is 1. The number of hydrogen-bond acceptors (Lipinski definition) is 4. The summed E-state index contributed by atoms with van der Waals surface area (Å²) < 4.78 is 0. The van der Waals surface area contributed by atoms with Gasteiger partial charge in [-0.15, -0.1) is 0 Å². The molecule has 0 unspecified atom stereocenters. The number of H-pyrrole nitrogens is 1. The molecular weight excluding hydrogens is 378 g/mol. The van der Waals surface area contributed by atoms with Gasteiger partial charge in [0.2, 0.25) is 0 Å². The highest BCUT2D eigenvalue weighted by molar-refractivity contribution is 6.10. The number of carbonyl (C=O) groups is 3. The molecule has 1 fully saturated rings. The lowest BCUT2D eigenvalue weighted by atomic mass is 9.62. The largest absolute Gasteiger partial charge is 0.512 e. The van der Waals surface area contributed by atoms with E-state index in [0.717, 1.165) is 16.5 Å². The van der Waals surface area contributed by atoms with E-state index in [1.807, 2.05) is 52.0 Å². The fourth-order valence-corrected chi connectivity index (χ4v) is 5.28. The molecule has 1 saturated carbocycles. The highest BCUT2D eigenvalue weighted by Gasteiger charge is 2.49. The van der Waals surface area contributed by atoms with Crippen LogP contribution in [0, 0.1) is 16.7 Å². The van der Waals surface area contributed by atoms with Crippen LogP contribution < -0.4 is 0 Å². The molecular formula is C25H29NO4. The van der Waals surface area contributed by atoms with Crippen LogP contribution in [-0.4, -0.2) is 27.4 Å². The van der Waals surface area contributed by atoms with Crippen molar-refractivity contribution >= 4 is 28.3 Å². The second-order valence-corrected chi connectivity index (χ2v) is 10.5. The molecule has 5 heteroatoms. The van der Waals surface area contributed by atoms with Crippen molar-refractivity contribution in [1.29, 1.82) is 0 Å². The second-order valence-electron chi connectivity index (χ2n) is 10.5. The number of ketones is 3. The maximum Gasteiger partial charge on any atom is 0.163 e. The van der Waals surface area contributed by atoms with Crippen molar-refractivity contribution in [3.05, 3.63) is 47.4 Å². The van der Waals surface area contributed by atoms with Crippen LogP contribution in [0.3, 0.4) is 0 Å². The van der Waals surface area contributed by atoms with Gasteiger partial charge in [-0.1, -0.05) is 45.9 Å². The summed E-state index contributed by atoms with van der Waals surface area (Å²) in [6.45, 7) is 7.73. The molecule has 158 valence electrons. The van der Waals surface area contributed by atoms with Gasteiger partial charge in [-0.25, -0.2) is 0 Å². The van der Waals surface area contributed by atoms with E-state index in [1.165, 1.54) is 0 Å². The van der Waals surface area contributed by atoms with E-state index >= 15 is 0 Å². The molecule has 5 nitrogen and oxygen atoms in total. The first-order valence-corrected chi connectivity index (χ1v) is 10.6. The van der Waals surface area contributed by atoms with Crippen molar-refractivity contribution in [2.45, 2.75) is 59.3 Å². The number of aliphatic hydroxyl groups is 1. The molecule has 2 aliphatic carbocycles. The van der Waals surface area contributed by atoms with Crippen molar-refractivity contribution < 1.29 is 19.5 Å². The first-order valence-electron chi connectivity index (χ1n) is 10.6. The van der Waals surface area contributed by atoms with Crippen LogP contribution in [0.1, 0.15) is 64.9 Å². The second kappa shape index (κ2) is 6.93. The van der Waals surface area contributed by atoms with E-state index in [4.69, 9.17) is 0 Å². The van der Waals surface area contributed by atoms with Crippen molar-refractivity contribution in [3.8, 4) is 0 Å². The average Bonchev–Trinajstić information content (AvgIpc) is 3.00. The zero-order chi connectivity index (χ0) is 21.8. The van der Waals surface area contributed by atoms with Gasteiger partial charge in [0.05, 0.1) is 5.92 Å². The Morgan fingerprint density at radius 2 is 1.53 bits per heavy atom. The van der Waals surface area contributed by atoms with Crippen LogP contribution in [0.15, 0.2) is 41.8 Å². The summed E-state index contributed by atoms with van der Waals surface area (Å²) in [4.78, 5) is 42.9. The Labute approximate surface area is 176 Å². The van der Waals surface area contributed by atoms with Crippen LogP contribution in [0.2, 0.25) is 0 Å².